The van der Waals surface area contributed by atoms with Gasteiger partial charge >= 0.3 is 5.63 Å². The zero-order valence-corrected chi connectivity index (χ0v) is 17.3. The van der Waals surface area contributed by atoms with E-state index in [9.17, 15) is 4.79 Å². The Morgan fingerprint density at radius 1 is 1.10 bits per heavy atom. The summed E-state index contributed by atoms with van der Waals surface area (Å²) < 4.78 is 22.4. The van der Waals surface area contributed by atoms with Crippen molar-refractivity contribution in [2.75, 3.05) is 21.0 Å². The van der Waals surface area contributed by atoms with Crippen molar-refractivity contribution in [1.82, 2.24) is 0 Å². The van der Waals surface area contributed by atoms with E-state index in [2.05, 4.69) is 6.07 Å². The molecule has 0 saturated carbocycles. The highest BCUT2D eigenvalue weighted by molar-refractivity contribution is 5.86. The molecule has 1 atom stereocenters. The van der Waals surface area contributed by atoms with Gasteiger partial charge in [-0.15, -0.1) is 0 Å². The first kappa shape index (κ1) is 19.3. The van der Waals surface area contributed by atoms with E-state index in [1.54, 1.807) is 20.3 Å². The van der Waals surface area contributed by atoms with E-state index < -0.39 is 0 Å². The first-order valence-corrected chi connectivity index (χ1v) is 9.80. The second-order valence-corrected chi connectivity index (χ2v) is 7.38. The number of benzene rings is 2. The fraction of sp³-hybridized carbons (Fsp3) is 0.348. The van der Waals surface area contributed by atoms with Crippen molar-refractivity contribution in [2.45, 2.75) is 33.4 Å². The van der Waals surface area contributed by atoms with Crippen LogP contribution in [0, 0.1) is 6.92 Å². The molecule has 6 nitrogen and oxygen atoms in total. The average molecular weight is 396 g/mol. The van der Waals surface area contributed by atoms with Gasteiger partial charge in [-0.2, -0.15) is 0 Å². The lowest BCUT2D eigenvalue weighted by Gasteiger charge is -2.28. The Labute approximate surface area is 169 Å². The van der Waals surface area contributed by atoms with Crippen LogP contribution in [0.5, 0.6) is 17.2 Å². The first-order chi connectivity index (χ1) is 14.0. The van der Waals surface area contributed by atoms with Crippen LogP contribution in [0.15, 0.2) is 39.5 Å². The van der Waals surface area contributed by atoms with Crippen LogP contribution in [-0.2, 0) is 19.5 Å². The molecule has 0 fully saturated rings. The molecular weight excluding hydrogens is 370 g/mol. The number of fused-ring (bicyclic) bond motifs is 2. The van der Waals surface area contributed by atoms with E-state index in [1.807, 2.05) is 32.0 Å². The number of hydrogen-bond acceptors (Lipinski definition) is 5. The van der Waals surface area contributed by atoms with E-state index in [-0.39, 0.29) is 5.63 Å². The van der Waals surface area contributed by atoms with Gasteiger partial charge in [0.1, 0.15) is 35.9 Å². The second kappa shape index (κ2) is 7.79. The number of quaternary nitrogens is 1. The van der Waals surface area contributed by atoms with Gasteiger partial charge in [-0.1, -0.05) is 6.92 Å². The maximum absolute atomic E-state index is 11.9. The molecule has 0 bridgehead atoms. The van der Waals surface area contributed by atoms with Gasteiger partial charge in [0, 0.05) is 34.2 Å². The lowest BCUT2D eigenvalue weighted by Crippen LogP contribution is -3.10. The van der Waals surface area contributed by atoms with Crippen LogP contribution in [-0.4, -0.2) is 21.0 Å². The molecule has 1 aliphatic rings. The van der Waals surface area contributed by atoms with Crippen LogP contribution in [0.25, 0.3) is 11.0 Å². The van der Waals surface area contributed by atoms with Crippen LogP contribution >= 0.6 is 0 Å². The molecule has 1 aliphatic heterocycles. The third-order valence-corrected chi connectivity index (χ3v) is 5.55. The number of aryl methyl sites for hydroxylation is 2. The van der Waals surface area contributed by atoms with Crippen LogP contribution in [0.4, 0.5) is 0 Å². The predicted octanol–water partition coefficient (Wildman–Crippen LogP) is 2.62. The molecule has 29 heavy (non-hydrogen) atoms. The molecule has 0 spiro atoms. The molecule has 3 aromatic rings. The number of methoxy groups -OCH3 is 2. The maximum atomic E-state index is 11.9. The van der Waals surface area contributed by atoms with Crippen molar-refractivity contribution in [1.29, 1.82) is 0 Å². The molecule has 1 N–H and O–H groups in total. The molecule has 1 aromatic heterocycles. The molecule has 4 rings (SSSR count). The van der Waals surface area contributed by atoms with Crippen molar-refractivity contribution >= 4 is 11.0 Å². The van der Waals surface area contributed by atoms with Gasteiger partial charge in [0.15, 0.2) is 0 Å². The molecule has 0 amide bonds. The summed E-state index contributed by atoms with van der Waals surface area (Å²) in [5, 5.41) is 0.996. The third-order valence-electron chi connectivity index (χ3n) is 5.55. The Kier molecular flexibility index (Phi) is 5.20. The van der Waals surface area contributed by atoms with E-state index in [0.29, 0.717) is 12.3 Å². The number of hydrogen-bond donors (Lipinski definition) is 1. The molecule has 0 aliphatic carbocycles. The van der Waals surface area contributed by atoms with Gasteiger partial charge in [-0.3, -0.25) is 4.90 Å². The van der Waals surface area contributed by atoms with E-state index in [0.717, 1.165) is 64.4 Å². The minimum atomic E-state index is -0.313. The van der Waals surface area contributed by atoms with Crippen molar-refractivity contribution in [3.8, 4) is 17.2 Å². The van der Waals surface area contributed by atoms with Crippen molar-refractivity contribution < 1.29 is 23.5 Å². The quantitative estimate of drug-likeness (QED) is 0.672. The fourth-order valence-corrected chi connectivity index (χ4v) is 4.07. The Balaban J connectivity index is 1.67. The Bertz CT molecular complexity index is 1120. The van der Waals surface area contributed by atoms with E-state index in [1.165, 1.54) is 4.90 Å². The topological polar surface area (TPSA) is 62.3 Å². The summed E-state index contributed by atoms with van der Waals surface area (Å²) in [6.45, 7) is 6.14. The van der Waals surface area contributed by atoms with Crippen molar-refractivity contribution in [3.05, 3.63) is 63.0 Å². The normalized spacial score (nSPS) is 15.7. The highest BCUT2D eigenvalue weighted by Gasteiger charge is 2.26. The van der Waals surface area contributed by atoms with Crippen LogP contribution in [0.3, 0.4) is 0 Å². The molecule has 2 aromatic carbocycles. The Morgan fingerprint density at radius 2 is 1.93 bits per heavy atom. The second-order valence-electron chi connectivity index (χ2n) is 7.38. The largest absolute Gasteiger partial charge is 0.497 e. The van der Waals surface area contributed by atoms with Crippen molar-refractivity contribution in [3.63, 3.8) is 0 Å². The average Bonchev–Trinajstić information content (AvgIpc) is 2.74. The molecule has 6 heteroatoms. The smallest absolute Gasteiger partial charge is 0.336 e. The van der Waals surface area contributed by atoms with Crippen LogP contribution in [0.1, 0.15) is 29.2 Å². The number of nitrogens with one attached hydrogen (secondary N) is 1. The maximum Gasteiger partial charge on any atom is 0.336 e. The number of ether oxygens (including phenoxy) is 3. The summed E-state index contributed by atoms with van der Waals surface area (Å²) in [7, 11) is 3.32. The van der Waals surface area contributed by atoms with Gasteiger partial charge in [0.05, 0.1) is 14.2 Å². The van der Waals surface area contributed by atoms with Crippen LogP contribution in [0.2, 0.25) is 0 Å². The van der Waals surface area contributed by atoms with Crippen LogP contribution < -0.4 is 24.7 Å². The monoisotopic (exact) mass is 396 g/mol. The lowest BCUT2D eigenvalue weighted by atomic mass is 9.99. The lowest BCUT2D eigenvalue weighted by molar-refractivity contribution is -0.945. The molecule has 0 radical (unpaired) electrons. The summed E-state index contributed by atoms with van der Waals surface area (Å²) in [6, 6.07) is 9.59. The highest BCUT2D eigenvalue weighted by Crippen LogP contribution is 2.33. The van der Waals surface area contributed by atoms with Gasteiger partial charge in [-0.05, 0) is 37.1 Å². The summed E-state index contributed by atoms with van der Waals surface area (Å²) in [6.07, 6.45) is 0.779. The van der Waals surface area contributed by atoms with Crippen molar-refractivity contribution in [2.24, 2.45) is 0 Å². The van der Waals surface area contributed by atoms with Gasteiger partial charge in [0.25, 0.3) is 0 Å². The zero-order valence-electron chi connectivity index (χ0n) is 17.3. The standard InChI is InChI=1S/C23H25NO5/c1-5-15-9-21(25)29-23-14(2)22-17(8-19(15)23)12-24(13-28-22)11-16-6-7-18(26-3)10-20(16)27-4/h6-10H,5,11-13H2,1-4H3/p+1. The summed E-state index contributed by atoms with van der Waals surface area (Å²) in [5.74, 6) is 2.42. The highest BCUT2D eigenvalue weighted by atomic mass is 16.5. The third kappa shape index (κ3) is 3.56. The Hall–Kier alpha value is -2.99. The van der Waals surface area contributed by atoms with E-state index in [4.69, 9.17) is 18.6 Å². The minimum absolute atomic E-state index is 0.313. The fourth-order valence-electron chi connectivity index (χ4n) is 4.07. The van der Waals surface area contributed by atoms with Gasteiger partial charge < -0.3 is 18.6 Å². The zero-order chi connectivity index (χ0) is 20.5. The summed E-state index contributed by atoms with van der Waals surface area (Å²) in [4.78, 5) is 13.2. The van der Waals surface area contributed by atoms with Gasteiger partial charge in [0.2, 0.25) is 6.73 Å². The Morgan fingerprint density at radius 3 is 2.66 bits per heavy atom. The molecule has 0 saturated heterocycles. The summed E-state index contributed by atoms with van der Waals surface area (Å²) >= 11 is 0. The summed E-state index contributed by atoms with van der Waals surface area (Å²) in [5.41, 5.74) is 4.46. The SMILES string of the molecule is CCc1cc(=O)oc2c(C)c3c(cc12)C[NH+](Cc1ccc(OC)cc1OC)CO3. The molecule has 2 heterocycles. The first-order valence-electron chi connectivity index (χ1n) is 9.80. The molecule has 1 unspecified atom stereocenters. The number of rotatable bonds is 5. The minimum Gasteiger partial charge on any atom is -0.497 e. The van der Waals surface area contributed by atoms with Gasteiger partial charge in [-0.25, -0.2) is 4.79 Å². The predicted molar refractivity (Wildman–Crippen MR) is 110 cm³/mol. The molecular formula is C23H26NO5+. The van der Waals surface area contributed by atoms with E-state index >= 15 is 0 Å². The molecule has 152 valence electrons.